The topological polar surface area (TPSA) is 73.0 Å². The molecule has 0 aliphatic carbocycles. The van der Waals surface area contributed by atoms with Crippen molar-refractivity contribution in [2.75, 3.05) is 26.2 Å². The highest BCUT2D eigenvalue weighted by molar-refractivity contribution is 5.09. The Bertz CT molecular complexity index is 623. The summed E-state index contributed by atoms with van der Waals surface area (Å²) >= 11 is 0. The summed E-state index contributed by atoms with van der Waals surface area (Å²) in [6.45, 7) is 6.42. The van der Waals surface area contributed by atoms with E-state index in [0.29, 0.717) is 0 Å². The Morgan fingerprint density at radius 1 is 1.35 bits per heavy atom. The van der Waals surface area contributed by atoms with Gasteiger partial charge in [-0.1, -0.05) is 12.1 Å². The molecule has 1 saturated heterocycles. The summed E-state index contributed by atoms with van der Waals surface area (Å²) in [5, 5.41) is 11.3. The Labute approximate surface area is 136 Å². The van der Waals surface area contributed by atoms with Gasteiger partial charge in [0.05, 0.1) is 42.7 Å². The van der Waals surface area contributed by atoms with Gasteiger partial charge in [0.25, 0.3) is 0 Å². The number of rotatable bonds is 6. The van der Waals surface area contributed by atoms with Crippen molar-refractivity contribution in [3.63, 3.8) is 0 Å². The van der Waals surface area contributed by atoms with Crippen molar-refractivity contribution in [2.24, 2.45) is 14.1 Å². The fourth-order valence-electron chi connectivity index (χ4n) is 3.16. The van der Waals surface area contributed by atoms with Crippen LogP contribution in [0.25, 0.3) is 0 Å². The lowest BCUT2D eigenvalue weighted by Crippen LogP contribution is -2.49. The smallest absolute Gasteiger partial charge is 0.0946 e. The molecule has 126 valence electrons. The maximum Gasteiger partial charge on any atom is 0.0946 e. The van der Waals surface area contributed by atoms with Gasteiger partial charge in [0.1, 0.15) is 0 Å². The van der Waals surface area contributed by atoms with Gasteiger partial charge in [-0.3, -0.25) is 9.58 Å². The average Bonchev–Trinajstić information content (AvgIpc) is 3.16. The zero-order valence-corrected chi connectivity index (χ0v) is 14.0. The highest BCUT2D eigenvalue weighted by atomic mass is 16.5. The van der Waals surface area contributed by atoms with Crippen LogP contribution in [0.15, 0.2) is 18.7 Å². The van der Waals surface area contributed by atoms with Gasteiger partial charge in [-0.25, -0.2) is 4.98 Å². The molecule has 1 fully saturated rings. The molecule has 0 bridgehead atoms. The molecule has 0 aromatic carbocycles. The molecule has 8 heteroatoms. The van der Waals surface area contributed by atoms with Crippen LogP contribution in [0, 0.1) is 0 Å². The molecule has 2 aromatic rings. The third kappa shape index (κ3) is 3.44. The monoisotopic (exact) mass is 319 g/mol. The molecule has 0 spiro atoms. The Morgan fingerprint density at radius 3 is 2.87 bits per heavy atom. The van der Waals surface area contributed by atoms with Crippen molar-refractivity contribution in [1.29, 1.82) is 0 Å². The van der Waals surface area contributed by atoms with Crippen molar-refractivity contribution in [2.45, 2.75) is 25.6 Å². The Morgan fingerprint density at radius 2 is 2.22 bits per heavy atom. The molecule has 1 N–H and O–H groups in total. The summed E-state index contributed by atoms with van der Waals surface area (Å²) in [7, 11) is 3.94. The Hall–Kier alpha value is -1.77. The third-order valence-corrected chi connectivity index (χ3v) is 4.48. The zero-order valence-electron chi connectivity index (χ0n) is 14.0. The molecule has 23 heavy (non-hydrogen) atoms. The molecule has 0 unspecified atom stereocenters. The van der Waals surface area contributed by atoms with Crippen LogP contribution in [0.3, 0.4) is 0 Å². The number of ether oxygens (including phenoxy) is 1. The summed E-state index contributed by atoms with van der Waals surface area (Å²) in [6, 6.07) is 0.221. The summed E-state index contributed by atoms with van der Waals surface area (Å²) < 4.78 is 9.93. The first-order valence-electron chi connectivity index (χ1n) is 8.06. The lowest BCUT2D eigenvalue weighted by atomic mass is 10.0. The minimum Gasteiger partial charge on any atom is -0.374 e. The van der Waals surface area contributed by atoms with E-state index in [9.17, 15) is 0 Å². The van der Waals surface area contributed by atoms with Gasteiger partial charge in [0, 0.05) is 39.9 Å². The molecule has 2 atom stereocenters. The van der Waals surface area contributed by atoms with Crippen LogP contribution in [-0.4, -0.2) is 61.8 Å². The highest BCUT2D eigenvalue weighted by Crippen LogP contribution is 2.28. The van der Waals surface area contributed by atoms with Gasteiger partial charge in [0.2, 0.25) is 0 Å². The van der Waals surface area contributed by atoms with E-state index >= 15 is 0 Å². The van der Waals surface area contributed by atoms with Crippen LogP contribution in [0.4, 0.5) is 0 Å². The normalized spacial score (nSPS) is 22.6. The fourth-order valence-corrected chi connectivity index (χ4v) is 3.16. The van der Waals surface area contributed by atoms with Crippen LogP contribution in [0.5, 0.6) is 0 Å². The van der Waals surface area contributed by atoms with E-state index in [1.165, 1.54) is 5.69 Å². The fraction of sp³-hybridized carbons (Fsp3) is 0.667. The number of aromatic nitrogens is 5. The minimum atomic E-state index is 0.0975. The van der Waals surface area contributed by atoms with E-state index < -0.39 is 0 Å². The molecule has 2 aromatic heterocycles. The summed E-state index contributed by atoms with van der Waals surface area (Å²) in [5.74, 6) is 0. The number of nitrogens with one attached hydrogen (secondary N) is 1. The average molecular weight is 319 g/mol. The molecule has 0 radical (unpaired) electrons. The minimum absolute atomic E-state index is 0.0975. The maximum atomic E-state index is 6.07. The number of aryl methyl sites for hydroxylation is 2. The lowest BCUT2D eigenvalue weighted by Gasteiger charge is -2.40. The maximum absolute atomic E-state index is 6.07. The van der Waals surface area contributed by atoms with Crippen molar-refractivity contribution in [3.8, 4) is 0 Å². The van der Waals surface area contributed by atoms with E-state index in [2.05, 4.69) is 37.0 Å². The van der Waals surface area contributed by atoms with Crippen LogP contribution in [0.2, 0.25) is 0 Å². The van der Waals surface area contributed by atoms with Gasteiger partial charge < -0.3 is 14.6 Å². The second kappa shape index (κ2) is 7.20. The van der Waals surface area contributed by atoms with Crippen LogP contribution in [0.1, 0.15) is 24.4 Å². The summed E-state index contributed by atoms with van der Waals surface area (Å²) in [6.07, 6.45) is 5.68. The molecule has 3 heterocycles. The summed E-state index contributed by atoms with van der Waals surface area (Å²) in [5.41, 5.74) is 2.26. The summed E-state index contributed by atoms with van der Waals surface area (Å²) in [4.78, 5) is 6.73. The van der Waals surface area contributed by atoms with Gasteiger partial charge in [-0.05, 0) is 6.54 Å². The second-order valence-corrected chi connectivity index (χ2v) is 5.89. The third-order valence-electron chi connectivity index (χ3n) is 4.48. The largest absolute Gasteiger partial charge is 0.374 e. The zero-order chi connectivity index (χ0) is 16.2. The standard InChI is InChI=1S/C15H25N7O/c1-4-22-5-6-23-14(15(22)13-9-17-11-20(13)2)10-16-7-12-8-18-19-21(12)3/h8-9,11,14-16H,4-7,10H2,1-3H3/t14-,15-/m0/s1. The predicted octanol–water partition coefficient (Wildman–Crippen LogP) is 0.100. The number of morpholine rings is 1. The van der Waals surface area contributed by atoms with Crippen LogP contribution in [-0.2, 0) is 25.4 Å². The molecule has 1 aliphatic rings. The molecule has 0 saturated carbocycles. The number of hydrogen-bond acceptors (Lipinski definition) is 6. The van der Waals surface area contributed by atoms with Crippen LogP contribution >= 0.6 is 0 Å². The molecular formula is C15H25N7O. The van der Waals surface area contributed by atoms with Crippen molar-refractivity contribution >= 4 is 0 Å². The molecule has 3 rings (SSSR count). The molecule has 0 amide bonds. The first-order chi connectivity index (χ1) is 11.2. The number of hydrogen-bond donors (Lipinski definition) is 1. The molecule has 1 aliphatic heterocycles. The first kappa shape index (κ1) is 16.1. The van der Waals surface area contributed by atoms with Gasteiger partial charge in [-0.2, -0.15) is 0 Å². The predicted molar refractivity (Wildman–Crippen MR) is 85.6 cm³/mol. The number of nitrogens with zero attached hydrogens (tertiary/aromatic N) is 6. The highest BCUT2D eigenvalue weighted by Gasteiger charge is 2.34. The van der Waals surface area contributed by atoms with E-state index in [1.807, 2.05) is 26.6 Å². The van der Waals surface area contributed by atoms with Gasteiger partial charge in [-0.15, -0.1) is 5.10 Å². The molecule has 8 nitrogen and oxygen atoms in total. The van der Waals surface area contributed by atoms with E-state index in [0.717, 1.165) is 38.5 Å². The Kier molecular flexibility index (Phi) is 5.04. The number of imidazole rings is 1. The van der Waals surface area contributed by atoms with Crippen LogP contribution < -0.4 is 5.32 Å². The lowest BCUT2D eigenvalue weighted by molar-refractivity contribution is -0.0716. The first-order valence-corrected chi connectivity index (χ1v) is 8.06. The molecular weight excluding hydrogens is 294 g/mol. The van der Waals surface area contributed by atoms with E-state index in [4.69, 9.17) is 4.74 Å². The van der Waals surface area contributed by atoms with Crippen molar-refractivity contribution in [3.05, 3.63) is 30.1 Å². The number of likely N-dealkylation sites (N-methyl/N-ethyl adjacent to an activating group) is 1. The second-order valence-electron chi connectivity index (χ2n) is 5.89. The van der Waals surface area contributed by atoms with Gasteiger partial charge >= 0.3 is 0 Å². The Balaban J connectivity index is 1.68. The van der Waals surface area contributed by atoms with E-state index in [1.54, 1.807) is 10.9 Å². The van der Waals surface area contributed by atoms with E-state index in [-0.39, 0.29) is 12.1 Å². The SMILES string of the molecule is CCN1CCO[C@@H](CNCc2cnnn2C)[C@@H]1c1cncn1C. The van der Waals surface area contributed by atoms with Gasteiger partial charge in [0.15, 0.2) is 0 Å². The van der Waals surface area contributed by atoms with Crippen molar-refractivity contribution in [1.82, 2.24) is 34.8 Å². The van der Waals surface area contributed by atoms with Crippen molar-refractivity contribution < 1.29 is 4.74 Å². The quantitative estimate of drug-likeness (QED) is 0.814.